The first kappa shape index (κ1) is 18.2. The van der Waals surface area contributed by atoms with E-state index >= 15 is 9.18 Å². The van der Waals surface area contributed by atoms with Gasteiger partial charge in [-0.25, -0.2) is 8.78 Å². The van der Waals surface area contributed by atoms with Gasteiger partial charge < -0.3 is 19.1 Å². The van der Waals surface area contributed by atoms with E-state index in [1.165, 1.54) is 0 Å². The Kier molecular flexibility index (Phi) is 5.72. The van der Waals surface area contributed by atoms with Crippen LogP contribution >= 0.6 is 11.8 Å². The van der Waals surface area contributed by atoms with Crippen LogP contribution in [0.3, 0.4) is 0 Å². The normalized spacial score (nSPS) is 21.7. The number of nitrogens with zero attached hydrogens (tertiary/aromatic N) is 3. The monoisotopic (exact) mass is 773 g/mol. The van der Waals surface area contributed by atoms with E-state index in [0.29, 0.717) is 4.57 Å². The SMILES string of the molecule is [2H]c1c([2H])c(F)c(F)c(C([2H])([2H])Sc2c([2H])c(=O)c3c([2H])c(C)c([2H])c([2H])c3n2CC(=O)N(Cc2c([2H])c([2H])c(-c3c([2H])c([2H])c(C(F)(F)F)c([2H])c3[2H])c([2H])c2[2H])C2CCN(C([2H])([2H])C([2H])([2H])OC([2H])([2H])[2H])CC2)c1[2H]. The average Bonchev–Trinajstić information content (AvgIpc) is 3.32. The molecule has 53 heavy (non-hydrogen) atoms. The molecule has 2 heterocycles. The summed E-state index contributed by atoms with van der Waals surface area (Å²) in [7, 11) is -3.45. The van der Waals surface area contributed by atoms with Gasteiger partial charge in [0.05, 0.1) is 50.1 Å². The van der Waals surface area contributed by atoms with Crippen molar-refractivity contribution >= 4 is 28.6 Å². The number of likely N-dealkylation sites (tertiary alicyclic amines) is 1. The van der Waals surface area contributed by atoms with Gasteiger partial charge in [0, 0.05) is 67.4 Å². The van der Waals surface area contributed by atoms with Gasteiger partial charge in [0.1, 0.15) is 6.54 Å². The average molecular weight is 774 g/mol. The zero-order valence-electron chi connectivity index (χ0n) is 51.2. The van der Waals surface area contributed by atoms with Crippen LogP contribution in [0.5, 0.6) is 0 Å². The van der Waals surface area contributed by atoms with E-state index in [4.69, 9.17) is 32.9 Å². The standard InChI is InChI=1S/C41H40F5N3O3S/c1-27-6-15-36-34(22-27)37(50)23-39(53-26-31-4-3-5-35(42)40(31)43)49(36)25-38(51)48(33-16-18-47(19-17-33)20-21-52-2)24-28-7-9-29(10-8-28)30-11-13-32(14-12-30)41(44,45)46/h3-15,22-23,33H,16-21,24-26H2,1-2H3/i2D3,3D,4D,5D,6D,7D,8D,9D,10D,11D,12D,13D,14D,15D,20D2,21D2,22D,23D,26D2. The van der Waals surface area contributed by atoms with Gasteiger partial charge in [-0.2, -0.15) is 13.2 Å². The summed E-state index contributed by atoms with van der Waals surface area (Å²) in [4.78, 5) is 30.9. The second-order valence-corrected chi connectivity index (χ2v) is 12.1. The van der Waals surface area contributed by atoms with E-state index in [0.717, 1.165) is 16.7 Å². The highest BCUT2D eigenvalue weighted by molar-refractivity contribution is 7.98. The number of fused-ring (bicyclic) bond motifs is 1. The van der Waals surface area contributed by atoms with Crippen LogP contribution in [0.4, 0.5) is 22.0 Å². The van der Waals surface area contributed by atoms with Gasteiger partial charge in [0.25, 0.3) is 0 Å². The number of carbonyl (C=O) groups excluding carboxylic acids is 1. The minimum Gasteiger partial charge on any atom is -0.383 e. The zero-order valence-corrected chi connectivity index (χ0v) is 28.0. The van der Waals surface area contributed by atoms with Crippen molar-refractivity contribution in [3.63, 3.8) is 0 Å². The molecule has 1 aliphatic rings. The van der Waals surface area contributed by atoms with Crippen LogP contribution in [0.1, 0.15) is 68.0 Å². The first-order chi connectivity index (χ1) is 35.1. The third kappa shape index (κ3) is 9.17. The van der Waals surface area contributed by atoms with Gasteiger partial charge in [-0.05, 0) is 66.7 Å². The molecule has 1 amide bonds. The number of aromatic nitrogens is 1. The number of benzene rings is 4. The van der Waals surface area contributed by atoms with E-state index < -0.39 is 234 Å². The second kappa shape index (κ2) is 16.7. The van der Waals surface area contributed by atoms with Crippen molar-refractivity contribution in [2.45, 2.75) is 55.8 Å². The number of halogens is 5. The Morgan fingerprint density at radius 2 is 1.70 bits per heavy atom. The van der Waals surface area contributed by atoms with Crippen molar-refractivity contribution in [3.05, 3.63) is 135 Å². The molecule has 0 aliphatic carbocycles. The topological polar surface area (TPSA) is 54.8 Å². The van der Waals surface area contributed by atoms with Gasteiger partial charge in [-0.15, -0.1) is 11.8 Å². The molecule has 1 aliphatic heterocycles. The van der Waals surface area contributed by atoms with Gasteiger partial charge in [0.2, 0.25) is 5.91 Å². The van der Waals surface area contributed by atoms with E-state index in [2.05, 4.69) is 4.74 Å². The summed E-state index contributed by atoms with van der Waals surface area (Å²) in [5, 5.41) is -1.80. The van der Waals surface area contributed by atoms with Crippen LogP contribution in [0.2, 0.25) is 0 Å². The van der Waals surface area contributed by atoms with Crippen LogP contribution in [0.25, 0.3) is 22.0 Å². The van der Waals surface area contributed by atoms with Crippen LogP contribution in [-0.4, -0.2) is 59.5 Å². The highest BCUT2D eigenvalue weighted by Crippen LogP contribution is 2.32. The summed E-state index contributed by atoms with van der Waals surface area (Å²) < 4.78 is 278. The Morgan fingerprint density at radius 3 is 2.38 bits per heavy atom. The molecule has 0 bridgehead atoms. The summed E-state index contributed by atoms with van der Waals surface area (Å²) in [5.41, 5.74) is -12.3. The van der Waals surface area contributed by atoms with Crippen LogP contribution in [0, 0.1) is 18.6 Å². The molecule has 0 atom stereocenters. The number of methoxy groups -OCH3 is 1. The van der Waals surface area contributed by atoms with Crippen LogP contribution < -0.4 is 5.43 Å². The van der Waals surface area contributed by atoms with E-state index in [1.54, 1.807) is 0 Å². The Hall–Kier alpha value is -4.52. The number of rotatable bonds is 12. The smallest absolute Gasteiger partial charge is 0.383 e. The summed E-state index contributed by atoms with van der Waals surface area (Å²) >= 11 is -0.330. The number of piperidine rings is 1. The minimum absolute atomic E-state index is 0.291. The third-order valence-electron chi connectivity index (χ3n) is 7.84. The number of thioether (sulfide) groups is 1. The van der Waals surface area contributed by atoms with Gasteiger partial charge in [-0.1, -0.05) is 59.9 Å². The number of hydrogen-bond acceptors (Lipinski definition) is 5. The zero-order chi connectivity index (χ0) is 58.6. The number of pyridine rings is 1. The number of alkyl halides is 3. The van der Waals surface area contributed by atoms with E-state index in [-0.39, 0.29) is 17.3 Å². The molecular weight excluding hydrogens is 710 g/mol. The molecule has 278 valence electrons. The Bertz CT molecular complexity index is 3260. The van der Waals surface area contributed by atoms with Gasteiger partial charge in [-0.3, -0.25) is 9.59 Å². The van der Waals surface area contributed by atoms with Crippen LogP contribution in [0.15, 0.2) is 100 Å². The molecule has 0 radical (unpaired) electrons. The van der Waals surface area contributed by atoms with Crippen molar-refractivity contribution in [2.24, 2.45) is 0 Å². The molecule has 6 rings (SSSR count). The van der Waals surface area contributed by atoms with Crippen LogP contribution in [-0.2, 0) is 34.5 Å². The molecular formula is C41H40F5N3O3S. The number of carbonyl (C=O) groups is 1. The summed E-state index contributed by atoms with van der Waals surface area (Å²) in [5.74, 6) is -5.50. The minimum atomic E-state index is -5.42. The fourth-order valence-electron chi connectivity index (χ4n) is 5.27. The second-order valence-electron chi connectivity index (χ2n) is 11.3. The molecule has 12 heteroatoms. The number of ether oxygens (including phenoxy) is 1. The Morgan fingerprint density at radius 1 is 1.00 bits per heavy atom. The maximum absolute atomic E-state index is 15.6. The first-order valence-corrected chi connectivity index (χ1v) is 16.2. The molecule has 1 saturated heterocycles. The van der Waals surface area contributed by atoms with E-state index in [9.17, 15) is 22.4 Å². The number of hydrogen-bond donors (Lipinski definition) is 0. The van der Waals surface area contributed by atoms with Gasteiger partial charge >= 0.3 is 6.18 Å². The van der Waals surface area contributed by atoms with Crippen molar-refractivity contribution in [2.75, 3.05) is 33.2 Å². The highest BCUT2D eigenvalue weighted by Gasteiger charge is 2.31. The molecule has 1 fully saturated rings. The lowest BCUT2D eigenvalue weighted by Crippen LogP contribution is -2.48. The Balaban J connectivity index is 1.59. The summed E-state index contributed by atoms with van der Waals surface area (Å²) in [6, 6.07) is -19.6. The largest absolute Gasteiger partial charge is 0.416 e. The van der Waals surface area contributed by atoms with Crippen molar-refractivity contribution in [3.8, 4) is 11.1 Å². The predicted molar refractivity (Wildman–Crippen MR) is 198 cm³/mol. The summed E-state index contributed by atoms with van der Waals surface area (Å²) in [6.07, 6.45) is -6.29. The molecule has 0 unspecified atom stereocenters. The lowest BCUT2D eigenvalue weighted by Gasteiger charge is -2.39. The highest BCUT2D eigenvalue weighted by atomic mass is 32.2. The first-order valence-electron chi connectivity index (χ1n) is 27.4. The fraction of sp³-hybridized carbons (Fsp3) is 0.317. The quantitative estimate of drug-likeness (QED) is 0.0939. The predicted octanol–water partition coefficient (Wildman–Crippen LogP) is 8.71. The summed E-state index contributed by atoms with van der Waals surface area (Å²) in [6.45, 7) is -9.09. The lowest BCUT2D eigenvalue weighted by atomic mass is 10.00. The Labute approximate surface area is 342 Å². The molecule has 0 spiro atoms. The molecule has 5 aromatic rings. The lowest BCUT2D eigenvalue weighted by molar-refractivity contribution is -0.137. The third-order valence-corrected chi connectivity index (χ3v) is 8.66. The molecule has 0 N–H and O–H groups in total. The molecule has 4 aromatic carbocycles. The van der Waals surface area contributed by atoms with Crippen molar-refractivity contribution < 1.29 is 64.4 Å². The van der Waals surface area contributed by atoms with Crippen molar-refractivity contribution in [1.29, 1.82) is 0 Å². The fourth-order valence-corrected chi connectivity index (χ4v) is 6.02. The van der Waals surface area contributed by atoms with Crippen molar-refractivity contribution in [1.82, 2.24) is 14.4 Å². The molecule has 1 aromatic heterocycles. The maximum atomic E-state index is 15.6. The maximum Gasteiger partial charge on any atom is 0.416 e. The van der Waals surface area contributed by atoms with Gasteiger partial charge in [0.15, 0.2) is 17.1 Å². The van der Waals surface area contributed by atoms with E-state index in [1.807, 2.05) is 0 Å². The number of amides is 1. The molecule has 6 nitrogen and oxygen atoms in total. The molecule has 0 saturated carbocycles.